The van der Waals surface area contributed by atoms with Gasteiger partial charge in [0.05, 0.1) is 23.9 Å². The third kappa shape index (κ3) is 3.02. The van der Waals surface area contributed by atoms with Crippen LogP contribution in [-0.2, 0) is 4.79 Å². The zero-order valence-corrected chi connectivity index (χ0v) is 13.4. The Bertz CT molecular complexity index is 843. The largest absolute Gasteiger partial charge is 0.364 e. The average Bonchev–Trinajstić information content (AvgIpc) is 2.70. The summed E-state index contributed by atoms with van der Waals surface area (Å²) in [5.41, 5.74) is 2.50. The highest BCUT2D eigenvalue weighted by Gasteiger charge is 2.30. The summed E-state index contributed by atoms with van der Waals surface area (Å²) in [6, 6.07) is 16.4. The third-order valence-corrected chi connectivity index (χ3v) is 3.97. The molecule has 0 bridgehead atoms. The van der Waals surface area contributed by atoms with Crippen LogP contribution < -0.4 is 4.90 Å². The minimum Gasteiger partial charge on any atom is -0.364 e. The fraction of sp³-hybridized carbons (Fsp3) is 0.167. The van der Waals surface area contributed by atoms with Gasteiger partial charge in [-0.25, -0.2) is 4.99 Å². The van der Waals surface area contributed by atoms with Crippen molar-refractivity contribution in [2.24, 2.45) is 4.99 Å². The van der Waals surface area contributed by atoms with Crippen LogP contribution in [0.3, 0.4) is 0 Å². The molecule has 0 saturated heterocycles. The number of hydrogen-bond donors (Lipinski definition) is 1. The molecule has 1 unspecified atom stereocenters. The Morgan fingerprint density at radius 3 is 2.71 bits per heavy atom. The van der Waals surface area contributed by atoms with Crippen LogP contribution in [0.2, 0.25) is 5.02 Å². The van der Waals surface area contributed by atoms with E-state index < -0.39 is 12.1 Å². The van der Waals surface area contributed by atoms with Gasteiger partial charge in [0.25, 0.3) is 5.91 Å². The number of benzodiazepines with no additional fused rings is 1. The lowest BCUT2D eigenvalue weighted by molar-refractivity contribution is -0.126. The van der Waals surface area contributed by atoms with Gasteiger partial charge in [0.1, 0.15) is 0 Å². The van der Waals surface area contributed by atoms with Crippen LogP contribution >= 0.6 is 11.6 Å². The van der Waals surface area contributed by atoms with Crippen molar-refractivity contribution in [2.45, 2.75) is 12.6 Å². The zero-order chi connectivity index (χ0) is 17.1. The highest BCUT2D eigenvalue weighted by atomic mass is 35.5. The summed E-state index contributed by atoms with van der Waals surface area (Å²) in [7, 11) is 0. The van der Waals surface area contributed by atoms with E-state index in [1.54, 1.807) is 18.2 Å². The number of amides is 1. The summed E-state index contributed by atoms with van der Waals surface area (Å²) in [6.45, 7) is 0.179. The molecule has 2 aromatic carbocycles. The smallest absolute Gasteiger partial charge is 0.278 e. The van der Waals surface area contributed by atoms with Gasteiger partial charge >= 0.3 is 0 Å². The van der Waals surface area contributed by atoms with Crippen LogP contribution in [0.15, 0.2) is 53.5 Å². The van der Waals surface area contributed by atoms with E-state index in [1.165, 1.54) is 4.90 Å². The van der Waals surface area contributed by atoms with Crippen molar-refractivity contribution in [3.8, 4) is 6.07 Å². The molecule has 1 aliphatic heterocycles. The second-order valence-electron chi connectivity index (χ2n) is 5.28. The molecule has 24 heavy (non-hydrogen) atoms. The zero-order valence-electron chi connectivity index (χ0n) is 12.7. The van der Waals surface area contributed by atoms with Gasteiger partial charge < -0.3 is 10.0 Å². The second-order valence-corrected chi connectivity index (χ2v) is 5.71. The number of aliphatic hydroxyl groups excluding tert-OH is 1. The Labute approximate surface area is 144 Å². The Hall–Kier alpha value is -2.68. The van der Waals surface area contributed by atoms with Gasteiger partial charge in [0.2, 0.25) is 6.23 Å². The number of fused-ring (bicyclic) bond motifs is 1. The molecule has 1 N–H and O–H groups in total. The molecule has 2 aromatic rings. The van der Waals surface area contributed by atoms with Crippen LogP contribution in [0.1, 0.15) is 17.5 Å². The first-order valence-electron chi connectivity index (χ1n) is 7.41. The van der Waals surface area contributed by atoms with Crippen molar-refractivity contribution in [1.29, 1.82) is 5.26 Å². The van der Waals surface area contributed by atoms with E-state index in [9.17, 15) is 9.90 Å². The number of carbonyl (C=O) groups is 1. The Morgan fingerprint density at radius 2 is 2.00 bits per heavy atom. The molecule has 0 radical (unpaired) electrons. The van der Waals surface area contributed by atoms with E-state index in [2.05, 4.69) is 4.99 Å². The van der Waals surface area contributed by atoms with Crippen molar-refractivity contribution in [2.75, 3.05) is 11.4 Å². The molecule has 5 nitrogen and oxygen atoms in total. The van der Waals surface area contributed by atoms with Crippen LogP contribution in [0, 0.1) is 11.3 Å². The molecule has 1 amide bonds. The Balaban J connectivity index is 2.20. The van der Waals surface area contributed by atoms with Crippen LogP contribution in [0.4, 0.5) is 5.69 Å². The maximum absolute atomic E-state index is 12.5. The predicted molar refractivity (Wildman–Crippen MR) is 92.1 cm³/mol. The molecule has 0 fully saturated rings. The maximum Gasteiger partial charge on any atom is 0.278 e. The number of carbonyl (C=O) groups excluding carboxylic acids is 1. The molecular weight excluding hydrogens is 326 g/mol. The molecule has 0 spiro atoms. The maximum atomic E-state index is 12.5. The van der Waals surface area contributed by atoms with Gasteiger partial charge in [-0.1, -0.05) is 41.9 Å². The van der Waals surface area contributed by atoms with Crippen LogP contribution in [-0.4, -0.2) is 29.5 Å². The fourth-order valence-corrected chi connectivity index (χ4v) is 2.83. The van der Waals surface area contributed by atoms with Gasteiger partial charge in [-0.05, 0) is 18.2 Å². The Morgan fingerprint density at radius 1 is 1.25 bits per heavy atom. The molecule has 120 valence electrons. The van der Waals surface area contributed by atoms with Crippen molar-refractivity contribution >= 4 is 28.9 Å². The van der Waals surface area contributed by atoms with Crippen LogP contribution in [0.25, 0.3) is 0 Å². The number of anilines is 1. The van der Waals surface area contributed by atoms with Gasteiger partial charge in [-0.2, -0.15) is 5.26 Å². The minimum atomic E-state index is -1.52. The molecule has 0 aromatic heterocycles. The van der Waals surface area contributed by atoms with Crippen molar-refractivity contribution < 1.29 is 9.90 Å². The number of hydrogen-bond acceptors (Lipinski definition) is 4. The lowest BCUT2D eigenvalue weighted by atomic mass is 10.00. The summed E-state index contributed by atoms with van der Waals surface area (Å²) in [4.78, 5) is 18.1. The van der Waals surface area contributed by atoms with E-state index >= 15 is 0 Å². The highest BCUT2D eigenvalue weighted by Crippen LogP contribution is 2.30. The first-order chi connectivity index (χ1) is 11.6. The molecular formula is C18H14ClN3O2. The summed E-state index contributed by atoms with van der Waals surface area (Å²) in [5.74, 6) is -0.556. The van der Waals surface area contributed by atoms with E-state index in [-0.39, 0.29) is 13.0 Å². The third-order valence-electron chi connectivity index (χ3n) is 3.74. The number of nitrogens with zero attached hydrogens (tertiary/aromatic N) is 3. The van der Waals surface area contributed by atoms with Gasteiger partial charge in [0.15, 0.2) is 0 Å². The number of halogens is 1. The lowest BCUT2D eigenvalue weighted by Gasteiger charge is -2.23. The number of rotatable bonds is 3. The number of aliphatic imine (C=N–C) groups is 1. The van der Waals surface area contributed by atoms with Crippen molar-refractivity contribution in [3.05, 3.63) is 64.7 Å². The standard InChI is InChI=1S/C18H14ClN3O2/c19-13-7-8-15-14(11-13)16(12-5-2-1-3-6-12)21-17(23)18(24)22(15)10-4-9-20/h1-3,5-8,11,17,23H,4,10H2. The first kappa shape index (κ1) is 16.2. The summed E-state index contributed by atoms with van der Waals surface area (Å²) in [5, 5.41) is 19.5. The quantitative estimate of drug-likeness (QED) is 0.934. The predicted octanol–water partition coefficient (Wildman–Crippen LogP) is 2.76. The van der Waals surface area contributed by atoms with E-state index in [0.717, 1.165) is 5.56 Å². The summed E-state index contributed by atoms with van der Waals surface area (Å²) < 4.78 is 0. The lowest BCUT2D eigenvalue weighted by Crippen LogP contribution is -2.38. The average molecular weight is 340 g/mol. The molecule has 3 rings (SSSR count). The second kappa shape index (κ2) is 6.83. The van der Waals surface area contributed by atoms with Crippen LogP contribution in [0.5, 0.6) is 0 Å². The highest BCUT2D eigenvalue weighted by molar-refractivity contribution is 6.32. The first-order valence-corrected chi connectivity index (χ1v) is 7.79. The molecule has 0 aliphatic carbocycles. The van der Waals surface area contributed by atoms with Gasteiger partial charge in [0, 0.05) is 22.7 Å². The number of aliphatic hydroxyl groups is 1. The Kier molecular flexibility index (Phi) is 4.61. The van der Waals surface area contributed by atoms with Crippen molar-refractivity contribution in [1.82, 2.24) is 0 Å². The number of nitriles is 1. The molecule has 6 heteroatoms. The normalized spacial score (nSPS) is 16.9. The molecule has 0 saturated carbocycles. The summed E-state index contributed by atoms with van der Waals surface area (Å²) >= 11 is 6.13. The monoisotopic (exact) mass is 339 g/mol. The van der Waals surface area contributed by atoms with Gasteiger partial charge in [-0.15, -0.1) is 0 Å². The topological polar surface area (TPSA) is 76.7 Å². The SMILES string of the molecule is N#CCCN1C(=O)C(O)N=C(c2ccccc2)c2cc(Cl)ccc21. The molecule has 1 aliphatic rings. The van der Waals surface area contributed by atoms with Crippen molar-refractivity contribution in [3.63, 3.8) is 0 Å². The number of benzene rings is 2. The fourth-order valence-electron chi connectivity index (χ4n) is 2.66. The molecule has 1 atom stereocenters. The molecule has 1 heterocycles. The summed E-state index contributed by atoms with van der Waals surface area (Å²) in [6.07, 6.45) is -1.37. The van der Waals surface area contributed by atoms with E-state index in [0.29, 0.717) is 22.0 Å². The minimum absolute atomic E-state index is 0.154. The van der Waals surface area contributed by atoms with E-state index in [1.807, 2.05) is 36.4 Å². The van der Waals surface area contributed by atoms with E-state index in [4.69, 9.17) is 16.9 Å². The van der Waals surface area contributed by atoms with Gasteiger partial charge in [-0.3, -0.25) is 4.79 Å².